The second-order valence-electron chi connectivity index (χ2n) is 6.78. The summed E-state index contributed by atoms with van der Waals surface area (Å²) in [6.07, 6.45) is 5.02. The third-order valence-corrected chi connectivity index (χ3v) is 4.89. The number of likely N-dealkylation sites (tertiary alicyclic amines) is 1. The van der Waals surface area contributed by atoms with Crippen LogP contribution in [0.2, 0.25) is 0 Å². The number of hydrogen-bond donors (Lipinski definition) is 2. The molecule has 1 aromatic carbocycles. The van der Waals surface area contributed by atoms with Crippen molar-refractivity contribution >= 4 is 16.8 Å². The van der Waals surface area contributed by atoms with E-state index in [1.165, 1.54) is 23.8 Å². The summed E-state index contributed by atoms with van der Waals surface area (Å²) in [5, 5.41) is 3.37. The van der Waals surface area contributed by atoms with E-state index in [0.717, 1.165) is 26.1 Å². The van der Waals surface area contributed by atoms with Gasteiger partial charge in [-0.15, -0.1) is 0 Å². The van der Waals surface area contributed by atoms with Crippen molar-refractivity contribution in [2.75, 3.05) is 26.2 Å². The van der Waals surface area contributed by atoms with Gasteiger partial charge in [-0.3, -0.25) is 19.1 Å². The summed E-state index contributed by atoms with van der Waals surface area (Å²) in [6.45, 7) is 4.24. The Labute approximate surface area is 152 Å². The maximum Gasteiger partial charge on any atom is 0.328 e. The Morgan fingerprint density at radius 2 is 1.85 bits per heavy atom. The van der Waals surface area contributed by atoms with Gasteiger partial charge in [0.2, 0.25) is 5.91 Å². The Morgan fingerprint density at radius 1 is 1.08 bits per heavy atom. The van der Waals surface area contributed by atoms with E-state index >= 15 is 0 Å². The van der Waals surface area contributed by atoms with Crippen molar-refractivity contribution in [2.45, 2.75) is 38.6 Å². The second-order valence-corrected chi connectivity index (χ2v) is 6.78. The van der Waals surface area contributed by atoms with Crippen molar-refractivity contribution < 1.29 is 4.79 Å². The summed E-state index contributed by atoms with van der Waals surface area (Å²) in [5.41, 5.74) is -0.324. The molecular weight excluding hydrogens is 332 g/mol. The number of benzene rings is 1. The lowest BCUT2D eigenvalue weighted by Crippen LogP contribution is -2.34. The van der Waals surface area contributed by atoms with Gasteiger partial charge >= 0.3 is 5.69 Å². The number of hydrogen-bond acceptors (Lipinski definition) is 4. The molecule has 7 heteroatoms. The fourth-order valence-corrected chi connectivity index (χ4v) is 3.48. The van der Waals surface area contributed by atoms with Crippen molar-refractivity contribution in [3.63, 3.8) is 0 Å². The van der Waals surface area contributed by atoms with Crippen LogP contribution in [0.4, 0.5) is 0 Å². The molecule has 1 amide bonds. The molecule has 0 aliphatic carbocycles. The number of aromatic amines is 1. The molecular formula is C19H26N4O3. The minimum atomic E-state index is -0.480. The van der Waals surface area contributed by atoms with E-state index in [0.29, 0.717) is 17.4 Å². The molecule has 2 heterocycles. The highest BCUT2D eigenvalue weighted by Gasteiger charge is 2.10. The van der Waals surface area contributed by atoms with Gasteiger partial charge in [0.1, 0.15) is 0 Å². The average Bonchev–Trinajstić information content (AvgIpc) is 2.66. The number of amides is 1. The minimum Gasteiger partial charge on any atom is -0.356 e. The number of carbonyl (C=O) groups is 1. The summed E-state index contributed by atoms with van der Waals surface area (Å²) in [6, 6.07) is 6.92. The van der Waals surface area contributed by atoms with Crippen LogP contribution < -0.4 is 16.6 Å². The van der Waals surface area contributed by atoms with Crippen LogP contribution in [0.1, 0.15) is 32.1 Å². The van der Waals surface area contributed by atoms with Gasteiger partial charge in [0.05, 0.1) is 10.9 Å². The molecule has 1 aliphatic heterocycles. The third kappa shape index (κ3) is 4.60. The normalized spacial score (nSPS) is 15.2. The zero-order chi connectivity index (χ0) is 18.4. The van der Waals surface area contributed by atoms with E-state index in [9.17, 15) is 14.4 Å². The molecule has 1 aromatic heterocycles. The number of aromatic nitrogens is 2. The number of aryl methyl sites for hydroxylation is 1. The molecule has 140 valence electrons. The predicted molar refractivity (Wildman–Crippen MR) is 101 cm³/mol. The molecule has 0 atom stereocenters. The Bertz CT molecular complexity index is 865. The minimum absolute atomic E-state index is 0.0779. The maximum absolute atomic E-state index is 12.1. The van der Waals surface area contributed by atoms with Gasteiger partial charge in [-0.05, 0) is 51.0 Å². The number of nitrogens with zero attached hydrogens (tertiary/aromatic N) is 2. The van der Waals surface area contributed by atoms with Crippen LogP contribution in [0.3, 0.4) is 0 Å². The van der Waals surface area contributed by atoms with Crippen LogP contribution >= 0.6 is 0 Å². The Hall–Kier alpha value is -2.41. The standard InChI is InChI=1S/C19H26N4O3/c24-17(20-10-6-13-22-11-4-1-5-12-22)9-14-23-16-8-3-2-7-15(16)18(25)21-19(23)26/h2-3,7-8H,1,4-6,9-14H2,(H,20,24)(H,21,25,26). The number of piperidine rings is 1. The van der Waals surface area contributed by atoms with Crippen LogP contribution in [0.5, 0.6) is 0 Å². The third-order valence-electron chi connectivity index (χ3n) is 4.89. The average molecular weight is 358 g/mol. The molecule has 1 fully saturated rings. The second kappa shape index (κ2) is 8.80. The lowest BCUT2D eigenvalue weighted by molar-refractivity contribution is -0.121. The molecule has 2 N–H and O–H groups in total. The number of H-pyrrole nitrogens is 1. The summed E-state index contributed by atoms with van der Waals surface area (Å²) >= 11 is 0. The number of rotatable bonds is 7. The summed E-state index contributed by atoms with van der Waals surface area (Å²) in [5.74, 6) is -0.0779. The lowest BCUT2D eigenvalue weighted by Gasteiger charge is -2.26. The largest absolute Gasteiger partial charge is 0.356 e. The molecule has 1 aliphatic rings. The SMILES string of the molecule is O=C(CCn1c(=O)[nH]c(=O)c2ccccc21)NCCCN1CCCCC1. The number of para-hydroxylation sites is 1. The van der Waals surface area contributed by atoms with Crippen LogP contribution in [-0.4, -0.2) is 46.5 Å². The van der Waals surface area contributed by atoms with Gasteiger partial charge < -0.3 is 10.2 Å². The number of carbonyl (C=O) groups excluding carboxylic acids is 1. The molecule has 0 unspecified atom stereocenters. The summed E-state index contributed by atoms with van der Waals surface area (Å²) in [4.78, 5) is 40.7. The highest BCUT2D eigenvalue weighted by atomic mass is 16.2. The first-order chi connectivity index (χ1) is 12.6. The van der Waals surface area contributed by atoms with Crippen molar-refractivity contribution in [2.24, 2.45) is 0 Å². The Balaban J connectivity index is 1.49. The zero-order valence-corrected chi connectivity index (χ0v) is 15.0. The van der Waals surface area contributed by atoms with Crippen molar-refractivity contribution in [1.82, 2.24) is 19.8 Å². The lowest BCUT2D eigenvalue weighted by atomic mass is 10.1. The first kappa shape index (κ1) is 18.4. The van der Waals surface area contributed by atoms with Gasteiger partial charge in [-0.25, -0.2) is 4.79 Å². The van der Waals surface area contributed by atoms with E-state index in [1.54, 1.807) is 24.3 Å². The molecule has 7 nitrogen and oxygen atoms in total. The monoisotopic (exact) mass is 358 g/mol. The molecule has 26 heavy (non-hydrogen) atoms. The van der Waals surface area contributed by atoms with Crippen LogP contribution in [0.25, 0.3) is 10.9 Å². The molecule has 0 radical (unpaired) electrons. The summed E-state index contributed by atoms with van der Waals surface area (Å²) in [7, 11) is 0. The molecule has 0 bridgehead atoms. The highest BCUT2D eigenvalue weighted by Crippen LogP contribution is 2.09. The molecule has 2 aromatic rings. The Kier molecular flexibility index (Phi) is 6.22. The van der Waals surface area contributed by atoms with Crippen LogP contribution in [-0.2, 0) is 11.3 Å². The van der Waals surface area contributed by atoms with Gasteiger partial charge in [-0.2, -0.15) is 0 Å². The van der Waals surface area contributed by atoms with Crippen LogP contribution in [0.15, 0.2) is 33.9 Å². The zero-order valence-electron chi connectivity index (χ0n) is 15.0. The molecule has 0 spiro atoms. The van der Waals surface area contributed by atoms with Crippen LogP contribution in [0, 0.1) is 0 Å². The quantitative estimate of drug-likeness (QED) is 0.725. The number of fused-ring (bicyclic) bond motifs is 1. The van der Waals surface area contributed by atoms with Gasteiger partial charge in [0.15, 0.2) is 0 Å². The van der Waals surface area contributed by atoms with E-state index in [-0.39, 0.29) is 18.9 Å². The Morgan fingerprint density at radius 3 is 2.65 bits per heavy atom. The fourth-order valence-electron chi connectivity index (χ4n) is 3.48. The van der Waals surface area contributed by atoms with Gasteiger partial charge in [0.25, 0.3) is 5.56 Å². The topological polar surface area (TPSA) is 87.2 Å². The smallest absolute Gasteiger partial charge is 0.328 e. The molecule has 3 rings (SSSR count). The molecule has 1 saturated heterocycles. The highest BCUT2D eigenvalue weighted by molar-refractivity contribution is 5.78. The first-order valence-electron chi connectivity index (χ1n) is 9.36. The van der Waals surface area contributed by atoms with E-state index in [2.05, 4.69) is 15.2 Å². The summed E-state index contributed by atoms with van der Waals surface area (Å²) < 4.78 is 1.45. The van der Waals surface area contributed by atoms with Crippen molar-refractivity contribution in [3.8, 4) is 0 Å². The fraction of sp³-hybridized carbons (Fsp3) is 0.526. The van der Waals surface area contributed by atoms with E-state index in [1.807, 2.05) is 0 Å². The predicted octanol–water partition coefficient (Wildman–Crippen LogP) is 1.07. The van der Waals surface area contributed by atoms with Gasteiger partial charge in [-0.1, -0.05) is 18.6 Å². The van der Waals surface area contributed by atoms with E-state index in [4.69, 9.17) is 0 Å². The van der Waals surface area contributed by atoms with Crippen molar-refractivity contribution in [1.29, 1.82) is 0 Å². The maximum atomic E-state index is 12.1. The van der Waals surface area contributed by atoms with Gasteiger partial charge in [0, 0.05) is 19.5 Å². The molecule has 0 saturated carbocycles. The number of nitrogens with one attached hydrogen (secondary N) is 2. The van der Waals surface area contributed by atoms with Crippen molar-refractivity contribution in [3.05, 3.63) is 45.1 Å². The first-order valence-corrected chi connectivity index (χ1v) is 9.36. The van der Waals surface area contributed by atoms with E-state index < -0.39 is 11.2 Å².